The van der Waals surface area contributed by atoms with Gasteiger partial charge in [-0.05, 0) is 56.6 Å². The van der Waals surface area contributed by atoms with Gasteiger partial charge in [-0.2, -0.15) is 0 Å². The fourth-order valence-electron chi connectivity index (χ4n) is 2.72. The Bertz CT molecular complexity index is 576. The van der Waals surface area contributed by atoms with E-state index in [0.717, 1.165) is 37.4 Å². The monoisotopic (exact) mass is 291 g/mol. The smallest absolute Gasteiger partial charge is 0.120 e. The van der Waals surface area contributed by atoms with Gasteiger partial charge in [-0.25, -0.2) is 4.98 Å². The molecule has 0 radical (unpaired) electrons. The van der Waals surface area contributed by atoms with Gasteiger partial charge in [-0.15, -0.1) is 11.3 Å². The standard InChI is InChI=1S/C15H21N3OS/c1-19-12-2-3-13-14(8-12)20-15(17-13)10-18-6-4-11(9-16)5-7-18/h2-3,8,11H,4-7,9-10,16H2,1H3. The molecule has 1 aromatic carbocycles. The number of piperidine rings is 1. The van der Waals surface area contributed by atoms with Crippen molar-refractivity contribution in [3.8, 4) is 5.75 Å². The highest BCUT2D eigenvalue weighted by Gasteiger charge is 2.19. The molecule has 108 valence electrons. The van der Waals surface area contributed by atoms with Crippen LogP contribution in [0.2, 0.25) is 0 Å². The van der Waals surface area contributed by atoms with Crippen molar-refractivity contribution in [1.82, 2.24) is 9.88 Å². The SMILES string of the molecule is COc1ccc2nc(CN3CCC(CN)CC3)sc2c1. The lowest BCUT2D eigenvalue weighted by molar-refractivity contribution is 0.180. The predicted octanol–water partition coefficient (Wildman–Crippen LogP) is 2.48. The Morgan fingerprint density at radius 2 is 2.20 bits per heavy atom. The van der Waals surface area contributed by atoms with Crippen molar-refractivity contribution in [2.75, 3.05) is 26.7 Å². The number of rotatable bonds is 4. The van der Waals surface area contributed by atoms with E-state index in [1.165, 1.54) is 22.5 Å². The molecule has 1 aliphatic heterocycles. The van der Waals surface area contributed by atoms with Crippen molar-refractivity contribution in [3.05, 3.63) is 23.2 Å². The summed E-state index contributed by atoms with van der Waals surface area (Å²) in [5.41, 5.74) is 6.81. The van der Waals surface area contributed by atoms with Crippen LogP contribution in [0.15, 0.2) is 18.2 Å². The van der Waals surface area contributed by atoms with Gasteiger partial charge in [0.2, 0.25) is 0 Å². The summed E-state index contributed by atoms with van der Waals surface area (Å²) in [7, 11) is 1.70. The summed E-state index contributed by atoms with van der Waals surface area (Å²) in [4.78, 5) is 7.21. The fraction of sp³-hybridized carbons (Fsp3) is 0.533. The largest absolute Gasteiger partial charge is 0.497 e. The lowest BCUT2D eigenvalue weighted by Crippen LogP contribution is -2.35. The summed E-state index contributed by atoms with van der Waals surface area (Å²) in [6.45, 7) is 4.07. The molecule has 0 saturated carbocycles. The third-order valence-electron chi connectivity index (χ3n) is 4.04. The molecule has 0 aliphatic carbocycles. The van der Waals surface area contributed by atoms with Crippen molar-refractivity contribution in [3.63, 3.8) is 0 Å². The highest BCUT2D eigenvalue weighted by Crippen LogP contribution is 2.27. The van der Waals surface area contributed by atoms with Crippen LogP contribution in [0.5, 0.6) is 5.75 Å². The molecular weight excluding hydrogens is 270 g/mol. The number of nitrogens with zero attached hydrogens (tertiary/aromatic N) is 2. The van der Waals surface area contributed by atoms with Crippen LogP contribution in [0.4, 0.5) is 0 Å². The van der Waals surface area contributed by atoms with E-state index in [9.17, 15) is 0 Å². The van der Waals surface area contributed by atoms with Gasteiger partial charge in [0.1, 0.15) is 10.8 Å². The molecule has 1 aliphatic rings. The first-order chi connectivity index (χ1) is 9.78. The van der Waals surface area contributed by atoms with Gasteiger partial charge in [0.05, 0.1) is 23.9 Å². The number of benzene rings is 1. The Morgan fingerprint density at radius 3 is 2.90 bits per heavy atom. The van der Waals surface area contributed by atoms with Gasteiger partial charge >= 0.3 is 0 Å². The van der Waals surface area contributed by atoms with Gasteiger partial charge in [0, 0.05) is 0 Å². The number of fused-ring (bicyclic) bond motifs is 1. The van der Waals surface area contributed by atoms with Gasteiger partial charge in [0.15, 0.2) is 0 Å². The molecule has 0 amide bonds. The summed E-state index contributed by atoms with van der Waals surface area (Å²) in [6, 6.07) is 6.07. The second kappa shape index (κ2) is 6.08. The average molecular weight is 291 g/mol. The van der Waals surface area contributed by atoms with E-state index in [0.29, 0.717) is 5.92 Å². The van der Waals surface area contributed by atoms with Crippen LogP contribution in [0, 0.1) is 5.92 Å². The van der Waals surface area contributed by atoms with Gasteiger partial charge in [0.25, 0.3) is 0 Å². The van der Waals surface area contributed by atoms with E-state index >= 15 is 0 Å². The summed E-state index contributed by atoms with van der Waals surface area (Å²) in [5.74, 6) is 1.61. The Hall–Kier alpha value is -1.17. The van der Waals surface area contributed by atoms with E-state index in [1.807, 2.05) is 12.1 Å². The van der Waals surface area contributed by atoms with Crippen molar-refractivity contribution >= 4 is 21.6 Å². The molecular formula is C15H21N3OS. The maximum Gasteiger partial charge on any atom is 0.120 e. The zero-order valence-electron chi connectivity index (χ0n) is 11.8. The van der Waals surface area contributed by atoms with Crippen molar-refractivity contribution in [1.29, 1.82) is 0 Å². The first kappa shape index (κ1) is 13.8. The second-order valence-electron chi connectivity index (χ2n) is 5.40. The van der Waals surface area contributed by atoms with E-state index < -0.39 is 0 Å². The minimum atomic E-state index is 0.714. The Labute approximate surface area is 123 Å². The normalized spacial score (nSPS) is 17.7. The number of aromatic nitrogens is 1. The van der Waals surface area contributed by atoms with Crippen molar-refractivity contribution < 1.29 is 4.74 Å². The Morgan fingerprint density at radius 1 is 1.40 bits per heavy atom. The van der Waals surface area contributed by atoms with Crippen molar-refractivity contribution in [2.45, 2.75) is 19.4 Å². The number of ether oxygens (including phenoxy) is 1. The summed E-state index contributed by atoms with van der Waals surface area (Å²) >= 11 is 1.77. The maximum atomic E-state index is 5.74. The minimum Gasteiger partial charge on any atom is -0.497 e. The van der Waals surface area contributed by atoms with Crippen LogP contribution in [-0.4, -0.2) is 36.6 Å². The molecule has 0 spiro atoms. The molecule has 1 fully saturated rings. The third kappa shape index (κ3) is 2.95. The van der Waals surface area contributed by atoms with Gasteiger partial charge in [-0.3, -0.25) is 4.90 Å². The van der Waals surface area contributed by atoms with Crippen molar-refractivity contribution in [2.24, 2.45) is 11.7 Å². The van der Waals surface area contributed by atoms with Gasteiger partial charge in [-0.1, -0.05) is 0 Å². The summed E-state index contributed by atoms with van der Waals surface area (Å²) < 4.78 is 6.47. The lowest BCUT2D eigenvalue weighted by atomic mass is 9.97. The number of likely N-dealkylation sites (tertiary alicyclic amines) is 1. The highest BCUT2D eigenvalue weighted by molar-refractivity contribution is 7.18. The lowest BCUT2D eigenvalue weighted by Gasteiger charge is -2.30. The topological polar surface area (TPSA) is 51.4 Å². The van der Waals surface area contributed by atoms with E-state index in [4.69, 9.17) is 15.5 Å². The predicted molar refractivity (Wildman–Crippen MR) is 83.2 cm³/mol. The number of thiazole rings is 1. The number of methoxy groups -OCH3 is 1. The molecule has 2 N–H and O–H groups in total. The summed E-state index contributed by atoms with van der Waals surface area (Å²) in [6.07, 6.45) is 2.43. The molecule has 1 saturated heterocycles. The molecule has 20 heavy (non-hydrogen) atoms. The minimum absolute atomic E-state index is 0.714. The van der Waals surface area contributed by atoms with Crippen LogP contribution in [0.25, 0.3) is 10.2 Å². The molecule has 0 atom stereocenters. The third-order valence-corrected chi connectivity index (χ3v) is 5.04. The molecule has 4 nitrogen and oxygen atoms in total. The molecule has 1 aromatic heterocycles. The molecule has 2 aromatic rings. The average Bonchev–Trinajstić information content (AvgIpc) is 2.89. The van der Waals surface area contributed by atoms with E-state index in [2.05, 4.69) is 11.0 Å². The Balaban J connectivity index is 1.68. The molecule has 0 unspecified atom stereocenters. The maximum absolute atomic E-state index is 5.74. The molecule has 3 rings (SSSR count). The van der Waals surface area contributed by atoms with E-state index in [-0.39, 0.29) is 0 Å². The number of nitrogens with two attached hydrogens (primary N) is 1. The van der Waals surface area contributed by atoms with Crippen LogP contribution in [0.3, 0.4) is 0 Å². The fourth-order valence-corrected chi connectivity index (χ4v) is 3.76. The van der Waals surface area contributed by atoms with Gasteiger partial charge < -0.3 is 10.5 Å². The Kier molecular flexibility index (Phi) is 4.19. The van der Waals surface area contributed by atoms with E-state index in [1.54, 1.807) is 18.4 Å². The van der Waals surface area contributed by atoms with Crippen LogP contribution < -0.4 is 10.5 Å². The van der Waals surface area contributed by atoms with Crippen LogP contribution in [0.1, 0.15) is 17.8 Å². The summed E-state index contributed by atoms with van der Waals surface area (Å²) in [5, 5.41) is 1.19. The first-order valence-corrected chi connectivity index (χ1v) is 7.96. The quantitative estimate of drug-likeness (QED) is 0.940. The van der Waals surface area contributed by atoms with Crippen LogP contribution in [-0.2, 0) is 6.54 Å². The first-order valence-electron chi connectivity index (χ1n) is 7.14. The molecule has 0 bridgehead atoms. The zero-order chi connectivity index (χ0) is 13.9. The van der Waals surface area contributed by atoms with Crippen LogP contribution >= 0.6 is 11.3 Å². The molecule has 2 heterocycles. The number of hydrogen-bond donors (Lipinski definition) is 1. The number of hydrogen-bond acceptors (Lipinski definition) is 5. The highest BCUT2D eigenvalue weighted by atomic mass is 32.1. The molecule has 5 heteroatoms. The zero-order valence-corrected chi connectivity index (χ0v) is 12.7. The second-order valence-corrected chi connectivity index (χ2v) is 6.51.